The van der Waals surface area contributed by atoms with Crippen molar-refractivity contribution in [3.05, 3.63) is 29.4 Å². The van der Waals surface area contributed by atoms with Crippen LogP contribution in [0.3, 0.4) is 0 Å². The molecule has 29 heavy (non-hydrogen) atoms. The zero-order chi connectivity index (χ0) is 20.2. The molecular formula is C19H24ClN7O2. The van der Waals surface area contributed by atoms with Crippen LogP contribution in [0.1, 0.15) is 0 Å². The van der Waals surface area contributed by atoms with Crippen LogP contribution in [-0.2, 0) is 11.8 Å². The van der Waals surface area contributed by atoms with Crippen molar-refractivity contribution in [2.45, 2.75) is 0 Å². The van der Waals surface area contributed by atoms with E-state index >= 15 is 0 Å². The second-order valence-electron chi connectivity index (χ2n) is 6.76. The van der Waals surface area contributed by atoms with E-state index in [-0.39, 0.29) is 0 Å². The van der Waals surface area contributed by atoms with Gasteiger partial charge in [0.05, 0.1) is 36.9 Å². The van der Waals surface area contributed by atoms with Crippen LogP contribution in [0.25, 0.3) is 11.0 Å². The molecule has 2 aromatic heterocycles. The summed E-state index contributed by atoms with van der Waals surface area (Å²) < 4.78 is 12.3. The first-order valence-corrected chi connectivity index (χ1v) is 9.86. The maximum atomic E-state index is 6.25. The molecular weight excluding hydrogens is 394 g/mol. The van der Waals surface area contributed by atoms with Gasteiger partial charge >= 0.3 is 0 Å². The number of methoxy groups -OCH3 is 1. The predicted molar refractivity (Wildman–Crippen MR) is 113 cm³/mol. The lowest BCUT2D eigenvalue weighted by Gasteiger charge is -2.26. The highest BCUT2D eigenvalue weighted by atomic mass is 35.5. The molecule has 3 aromatic rings. The second-order valence-corrected chi connectivity index (χ2v) is 7.16. The van der Waals surface area contributed by atoms with Gasteiger partial charge in [-0.1, -0.05) is 11.6 Å². The third kappa shape index (κ3) is 4.52. The molecule has 10 heteroatoms. The third-order valence-electron chi connectivity index (χ3n) is 4.82. The van der Waals surface area contributed by atoms with Crippen LogP contribution in [0.2, 0.25) is 5.02 Å². The highest BCUT2D eigenvalue weighted by Crippen LogP contribution is 2.30. The van der Waals surface area contributed by atoms with Gasteiger partial charge < -0.3 is 20.1 Å². The number of halogens is 1. The number of morpholine rings is 1. The molecule has 1 fully saturated rings. The summed E-state index contributed by atoms with van der Waals surface area (Å²) in [5.74, 6) is 1.84. The molecule has 9 nitrogen and oxygen atoms in total. The Kier molecular flexibility index (Phi) is 5.98. The Hall–Kier alpha value is -2.62. The van der Waals surface area contributed by atoms with Crippen molar-refractivity contribution in [3.63, 3.8) is 0 Å². The van der Waals surface area contributed by atoms with E-state index in [0.717, 1.165) is 56.1 Å². The van der Waals surface area contributed by atoms with Crippen LogP contribution in [0.4, 0.5) is 17.5 Å². The van der Waals surface area contributed by atoms with E-state index in [1.54, 1.807) is 24.1 Å². The number of nitrogens with one attached hydrogen (secondary N) is 2. The summed E-state index contributed by atoms with van der Waals surface area (Å²) in [6, 6.07) is 5.50. The number of rotatable bonds is 7. The van der Waals surface area contributed by atoms with Crippen LogP contribution >= 0.6 is 11.6 Å². The highest BCUT2D eigenvalue weighted by molar-refractivity contribution is 6.32. The van der Waals surface area contributed by atoms with Crippen LogP contribution in [-0.4, -0.2) is 71.2 Å². The Balaban J connectivity index is 1.53. The Morgan fingerprint density at radius 1 is 1.24 bits per heavy atom. The van der Waals surface area contributed by atoms with Gasteiger partial charge in [0.25, 0.3) is 0 Å². The van der Waals surface area contributed by atoms with Crippen molar-refractivity contribution >= 4 is 40.1 Å². The lowest BCUT2D eigenvalue weighted by molar-refractivity contribution is 0.0398. The van der Waals surface area contributed by atoms with Crippen molar-refractivity contribution < 1.29 is 9.47 Å². The molecule has 0 atom stereocenters. The number of hydrogen-bond donors (Lipinski definition) is 2. The zero-order valence-electron chi connectivity index (χ0n) is 16.5. The summed E-state index contributed by atoms with van der Waals surface area (Å²) in [5, 5.41) is 12.3. The fourth-order valence-electron chi connectivity index (χ4n) is 3.23. The second kappa shape index (κ2) is 8.81. The monoisotopic (exact) mass is 417 g/mol. The van der Waals surface area contributed by atoms with E-state index in [2.05, 4.69) is 30.6 Å². The first-order chi connectivity index (χ1) is 14.1. The SMILES string of the molecule is COc1ccc(Nc2nc(NCCN3CCOCC3)nc3c2cnn3C)cc1Cl. The summed E-state index contributed by atoms with van der Waals surface area (Å²) in [4.78, 5) is 11.6. The molecule has 154 valence electrons. The molecule has 0 radical (unpaired) electrons. The minimum absolute atomic E-state index is 0.526. The van der Waals surface area contributed by atoms with Crippen LogP contribution in [0.15, 0.2) is 24.4 Å². The largest absolute Gasteiger partial charge is 0.495 e. The highest BCUT2D eigenvalue weighted by Gasteiger charge is 2.14. The van der Waals surface area contributed by atoms with Crippen molar-refractivity contribution in [2.75, 3.05) is 57.1 Å². The third-order valence-corrected chi connectivity index (χ3v) is 5.12. The minimum Gasteiger partial charge on any atom is -0.495 e. The molecule has 1 aliphatic heterocycles. The zero-order valence-corrected chi connectivity index (χ0v) is 17.2. The lowest BCUT2D eigenvalue weighted by atomic mass is 10.3. The van der Waals surface area contributed by atoms with Crippen LogP contribution in [0, 0.1) is 0 Å². The van der Waals surface area contributed by atoms with E-state index in [4.69, 9.17) is 21.1 Å². The lowest BCUT2D eigenvalue weighted by Crippen LogP contribution is -2.39. The van der Waals surface area contributed by atoms with Gasteiger partial charge in [0.15, 0.2) is 5.65 Å². The van der Waals surface area contributed by atoms with E-state index < -0.39 is 0 Å². The standard InChI is InChI=1S/C19H24ClN7O2/c1-26-18-14(12-22-26)17(23-13-3-4-16(28-2)15(20)11-13)24-19(25-18)21-5-6-27-7-9-29-10-8-27/h3-4,11-12H,5-10H2,1-2H3,(H2,21,23,24,25). The normalized spacial score (nSPS) is 14.9. The van der Waals surface area contributed by atoms with Gasteiger partial charge in [0, 0.05) is 38.9 Å². The van der Waals surface area contributed by atoms with Gasteiger partial charge in [-0.2, -0.15) is 15.1 Å². The van der Waals surface area contributed by atoms with Crippen LogP contribution < -0.4 is 15.4 Å². The van der Waals surface area contributed by atoms with Gasteiger partial charge in [-0.05, 0) is 18.2 Å². The molecule has 4 rings (SSSR count). The van der Waals surface area contributed by atoms with E-state index in [1.807, 2.05) is 19.2 Å². The fraction of sp³-hybridized carbons (Fsp3) is 0.421. The summed E-state index contributed by atoms with van der Waals surface area (Å²) >= 11 is 6.25. The Morgan fingerprint density at radius 3 is 2.83 bits per heavy atom. The molecule has 0 spiro atoms. The first-order valence-electron chi connectivity index (χ1n) is 9.48. The number of hydrogen-bond acceptors (Lipinski definition) is 8. The number of anilines is 3. The average molecular weight is 418 g/mol. The molecule has 0 unspecified atom stereocenters. The molecule has 0 aliphatic carbocycles. The number of aryl methyl sites for hydroxylation is 1. The first kappa shape index (κ1) is 19.7. The van der Waals surface area contributed by atoms with E-state index in [9.17, 15) is 0 Å². The summed E-state index contributed by atoms with van der Waals surface area (Å²) in [6.45, 7) is 5.14. The maximum absolute atomic E-state index is 6.25. The molecule has 2 N–H and O–H groups in total. The van der Waals surface area contributed by atoms with Crippen molar-refractivity contribution in [3.8, 4) is 5.75 Å². The summed E-state index contributed by atoms with van der Waals surface area (Å²) in [7, 11) is 3.45. The number of aromatic nitrogens is 4. The van der Waals surface area contributed by atoms with Gasteiger partial charge in [-0.15, -0.1) is 0 Å². The molecule has 0 bridgehead atoms. The van der Waals surface area contributed by atoms with Crippen molar-refractivity contribution in [1.82, 2.24) is 24.6 Å². The van der Waals surface area contributed by atoms with Gasteiger partial charge in [0.2, 0.25) is 5.95 Å². The number of fused-ring (bicyclic) bond motifs is 1. The fourth-order valence-corrected chi connectivity index (χ4v) is 3.49. The topological polar surface area (TPSA) is 89.4 Å². The molecule has 1 aliphatic rings. The Morgan fingerprint density at radius 2 is 2.07 bits per heavy atom. The molecule has 1 saturated heterocycles. The van der Waals surface area contributed by atoms with E-state index in [1.165, 1.54) is 0 Å². The molecule has 0 amide bonds. The quantitative estimate of drug-likeness (QED) is 0.606. The predicted octanol–water partition coefficient (Wildman–Crippen LogP) is 2.51. The molecule has 0 saturated carbocycles. The molecule has 3 heterocycles. The smallest absolute Gasteiger partial charge is 0.226 e. The van der Waals surface area contributed by atoms with Crippen LogP contribution in [0.5, 0.6) is 5.75 Å². The number of ether oxygens (including phenoxy) is 2. The van der Waals surface area contributed by atoms with Crippen molar-refractivity contribution in [2.24, 2.45) is 7.05 Å². The summed E-state index contributed by atoms with van der Waals surface area (Å²) in [5.41, 5.74) is 1.55. The maximum Gasteiger partial charge on any atom is 0.226 e. The van der Waals surface area contributed by atoms with Gasteiger partial charge in [-0.3, -0.25) is 9.58 Å². The number of nitrogens with zero attached hydrogens (tertiary/aromatic N) is 5. The van der Waals surface area contributed by atoms with Gasteiger partial charge in [-0.25, -0.2) is 0 Å². The Bertz CT molecular complexity index is 988. The Labute approximate surface area is 174 Å². The number of benzene rings is 1. The average Bonchev–Trinajstić information content (AvgIpc) is 3.10. The molecule has 1 aromatic carbocycles. The summed E-state index contributed by atoms with van der Waals surface area (Å²) in [6.07, 6.45) is 1.75. The minimum atomic E-state index is 0.526. The van der Waals surface area contributed by atoms with Crippen molar-refractivity contribution in [1.29, 1.82) is 0 Å². The van der Waals surface area contributed by atoms with Gasteiger partial charge in [0.1, 0.15) is 11.6 Å². The van der Waals surface area contributed by atoms with E-state index in [0.29, 0.717) is 22.5 Å².